The summed E-state index contributed by atoms with van der Waals surface area (Å²) in [5, 5.41) is 0. The molecule has 1 heterocycles. The van der Waals surface area contributed by atoms with E-state index in [9.17, 15) is 0 Å². The van der Waals surface area contributed by atoms with Crippen LogP contribution in [0.5, 0.6) is 0 Å². The number of hydrogen-bond donors (Lipinski definition) is 0. The maximum absolute atomic E-state index is 2.70. The molecule has 0 unspecified atom stereocenters. The van der Waals surface area contributed by atoms with Gasteiger partial charge in [-0.3, -0.25) is 0 Å². The average molecular weight is 431 g/mol. The van der Waals surface area contributed by atoms with Crippen LogP contribution in [0, 0.1) is 0 Å². The molecule has 0 aliphatic carbocycles. The highest BCUT2D eigenvalue weighted by Gasteiger charge is 2.84. The van der Waals surface area contributed by atoms with Gasteiger partial charge >= 0.3 is 0 Å². The van der Waals surface area contributed by atoms with E-state index in [1.54, 1.807) is 60.4 Å². The minimum absolute atomic E-state index is 1.09. The Morgan fingerprint density at radius 1 is 0.240 bits per heavy atom. The fourth-order valence-electron chi connectivity index (χ4n) is 10.3. The molecule has 1 saturated heterocycles. The standard InChI is InChI=1S/C20H50Si5/c1-11-21(12-2)22(13-3,14-4)24(17-7,18-8)25(19-9,20-10)23(21,15-5)16-6/h11-20H2,1-10H3. The average Bonchev–Trinajstić information content (AvgIpc) is 2.84. The van der Waals surface area contributed by atoms with Crippen LogP contribution in [0.15, 0.2) is 0 Å². The first-order valence-electron chi connectivity index (χ1n) is 11.9. The van der Waals surface area contributed by atoms with Gasteiger partial charge in [-0.1, -0.05) is 130 Å². The van der Waals surface area contributed by atoms with Crippen LogP contribution in [0.2, 0.25) is 60.4 Å². The molecule has 0 aromatic heterocycles. The van der Waals surface area contributed by atoms with E-state index in [0.29, 0.717) is 0 Å². The van der Waals surface area contributed by atoms with Crippen LogP contribution in [-0.2, 0) is 0 Å². The fourth-order valence-corrected chi connectivity index (χ4v) is 240. The molecule has 0 N–H and O–H groups in total. The Morgan fingerprint density at radius 3 is 0.360 bits per heavy atom. The van der Waals surface area contributed by atoms with Gasteiger partial charge < -0.3 is 0 Å². The number of hydrogen-bond acceptors (Lipinski definition) is 0. The van der Waals surface area contributed by atoms with Crippen LogP contribution >= 0.6 is 0 Å². The van der Waals surface area contributed by atoms with Gasteiger partial charge in [0.15, 0.2) is 0 Å². The number of rotatable bonds is 10. The molecule has 0 saturated carbocycles. The lowest BCUT2D eigenvalue weighted by Gasteiger charge is -2.54. The third-order valence-electron chi connectivity index (χ3n) is 10.6. The molecule has 150 valence electrons. The van der Waals surface area contributed by atoms with Crippen molar-refractivity contribution in [2.24, 2.45) is 0 Å². The van der Waals surface area contributed by atoms with Gasteiger partial charge in [-0.15, -0.1) is 0 Å². The largest absolute Gasteiger partial charge is 0.0682 e. The summed E-state index contributed by atoms with van der Waals surface area (Å²) in [6.07, 6.45) is 0. The second kappa shape index (κ2) is 8.62. The summed E-state index contributed by atoms with van der Waals surface area (Å²) in [5.74, 6) is 0. The van der Waals surface area contributed by atoms with E-state index < -0.39 is 35.5 Å². The smallest absolute Gasteiger partial charge is 0.0372 e. The van der Waals surface area contributed by atoms with Crippen molar-refractivity contribution in [3.05, 3.63) is 0 Å². The molecule has 0 amide bonds. The maximum Gasteiger partial charge on any atom is 0.0372 e. The van der Waals surface area contributed by atoms with Crippen molar-refractivity contribution >= 4 is 35.5 Å². The summed E-state index contributed by atoms with van der Waals surface area (Å²) in [4.78, 5) is 0. The summed E-state index contributed by atoms with van der Waals surface area (Å²) in [6, 6.07) is 16.9. The lowest BCUT2D eigenvalue weighted by Crippen LogP contribution is -2.76. The second-order valence-electron chi connectivity index (χ2n) is 8.95. The third kappa shape index (κ3) is 2.31. The van der Waals surface area contributed by atoms with Crippen molar-refractivity contribution in [2.75, 3.05) is 0 Å². The van der Waals surface area contributed by atoms with Crippen molar-refractivity contribution in [1.29, 1.82) is 0 Å². The second-order valence-corrected chi connectivity index (χ2v) is 63.1. The first-order chi connectivity index (χ1) is 11.9. The minimum atomic E-state index is -1.09. The lowest BCUT2D eigenvalue weighted by molar-refractivity contribution is 1.22. The van der Waals surface area contributed by atoms with Gasteiger partial charge in [-0.2, -0.15) is 0 Å². The van der Waals surface area contributed by atoms with Crippen LogP contribution in [-0.4, -0.2) is 35.5 Å². The Bertz CT molecular complexity index is 301. The highest BCUT2D eigenvalue weighted by molar-refractivity contribution is 8.14. The Hall–Kier alpha value is 1.08. The molecule has 0 aromatic rings. The summed E-state index contributed by atoms with van der Waals surface area (Å²) < 4.78 is 0. The van der Waals surface area contributed by atoms with Gasteiger partial charge in [-0.25, -0.2) is 0 Å². The molecule has 0 atom stereocenters. The molecular weight excluding hydrogens is 381 g/mol. The molecule has 1 aliphatic rings. The van der Waals surface area contributed by atoms with E-state index >= 15 is 0 Å². The summed E-state index contributed by atoms with van der Waals surface area (Å²) in [5.41, 5.74) is 0. The van der Waals surface area contributed by atoms with E-state index in [0.717, 1.165) is 0 Å². The highest BCUT2D eigenvalue weighted by Crippen LogP contribution is 2.63. The molecule has 25 heavy (non-hydrogen) atoms. The van der Waals surface area contributed by atoms with Gasteiger partial charge in [-0.05, 0) is 0 Å². The van der Waals surface area contributed by atoms with Crippen LogP contribution in [0.3, 0.4) is 0 Å². The summed E-state index contributed by atoms with van der Waals surface area (Å²) >= 11 is 0. The summed E-state index contributed by atoms with van der Waals surface area (Å²) in [7, 11) is -5.47. The first-order valence-corrected chi connectivity index (χ1v) is 28.9. The van der Waals surface area contributed by atoms with E-state index in [1.807, 2.05) is 0 Å². The Morgan fingerprint density at radius 2 is 0.320 bits per heavy atom. The third-order valence-corrected chi connectivity index (χ3v) is 135. The predicted molar refractivity (Wildman–Crippen MR) is 134 cm³/mol. The molecular formula is C20H50Si5. The zero-order valence-electron chi connectivity index (χ0n) is 19.6. The van der Waals surface area contributed by atoms with Gasteiger partial charge in [0, 0.05) is 35.5 Å². The van der Waals surface area contributed by atoms with E-state index in [-0.39, 0.29) is 0 Å². The highest BCUT2D eigenvalue weighted by atomic mass is 30.2. The molecule has 1 rings (SSSR count). The van der Waals surface area contributed by atoms with Crippen LogP contribution in [0.1, 0.15) is 69.2 Å². The Labute approximate surface area is 165 Å². The molecule has 0 spiro atoms. The van der Waals surface area contributed by atoms with Gasteiger partial charge in [0.25, 0.3) is 0 Å². The van der Waals surface area contributed by atoms with Crippen molar-refractivity contribution in [3.63, 3.8) is 0 Å². The molecule has 1 aliphatic heterocycles. The van der Waals surface area contributed by atoms with Crippen molar-refractivity contribution < 1.29 is 0 Å². The van der Waals surface area contributed by atoms with E-state index in [2.05, 4.69) is 69.2 Å². The topological polar surface area (TPSA) is 0 Å². The van der Waals surface area contributed by atoms with E-state index in [1.165, 1.54) is 0 Å². The van der Waals surface area contributed by atoms with Crippen molar-refractivity contribution in [2.45, 2.75) is 130 Å². The molecule has 5 heteroatoms. The SMILES string of the molecule is CC[Si]1(CC)[Si](CC)(CC)[Si](CC)(CC)[Si](CC)(CC)[Si]1(CC)CC. The Balaban J connectivity index is 4.20. The van der Waals surface area contributed by atoms with Crippen LogP contribution in [0.25, 0.3) is 0 Å². The molecule has 1 fully saturated rings. The maximum atomic E-state index is 2.70. The van der Waals surface area contributed by atoms with Crippen molar-refractivity contribution in [1.82, 2.24) is 0 Å². The molecule has 0 nitrogen and oxygen atoms in total. The normalized spacial score (nSPS) is 25.2. The lowest BCUT2D eigenvalue weighted by atomic mass is 10.9. The van der Waals surface area contributed by atoms with Crippen LogP contribution in [0.4, 0.5) is 0 Å². The van der Waals surface area contributed by atoms with E-state index in [4.69, 9.17) is 0 Å². The fraction of sp³-hybridized carbons (Fsp3) is 1.00. The van der Waals surface area contributed by atoms with Gasteiger partial charge in [0.2, 0.25) is 0 Å². The zero-order chi connectivity index (χ0) is 19.6. The summed E-state index contributed by atoms with van der Waals surface area (Å²) in [6.45, 7) is 27.0. The van der Waals surface area contributed by atoms with Crippen LogP contribution < -0.4 is 0 Å². The first kappa shape index (κ1) is 24.1. The minimum Gasteiger partial charge on any atom is -0.0682 e. The zero-order valence-corrected chi connectivity index (χ0v) is 24.6. The monoisotopic (exact) mass is 430 g/mol. The Kier molecular flexibility index (Phi) is 8.32. The predicted octanol–water partition coefficient (Wildman–Crippen LogP) is 7.84. The molecule has 0 bridgehead atoms. The molecule has 0 aromatic carbocycles. The van der Waals surface area contributed by atoms with Gasteiger partial charge in [0.05, 0.1) is 0 Å². The van der Waals surface area contributed by atoms with Gasteiger partial charge in [0.1, 0.15) is 0 Å². The van der Waals surface area contributed by atoms with Crippen molar-refractivity contribution in [3.8, 4) is 0 Å². The quantitative estimate of drug-likeness (QED) is 0.309. The molecule has 0 radical (unpaired) electrons.